The molecule has 100 valence electrons. The fourth-order valence-corrected chi connectivity index (χ4v) is 2.64. The van der Waals surface area contributed by atoms with E-state index in [1.807, 2.05) is 4.90 Å². The van der Waals surface area contributed by atoms with Gasteiger partial charge in [0.1, 0.15) is 0 Å². The van der Waals surface area contributed by atoms with Crippen molar-refractivity contribution in [2.45, 2.75) is 52.3 Å². The molecule has 0 aromatic carbocycles. The number of aryl methyl sites for hydroxylation is 1. The minimum Gasteiger partial charge on any atom is -0.393 e. The summed E-state index contributed by atoms with van der Waals surface area (Å²) in [5.41, 5.74) is 2.47. The van der Waals surface area contributed by atoms with E-state index in [4.69, 9.17) is 0 Å². The summed E-state index contributed by atoms with van der Waals surface area (Å²) >= 11 is 0. The molecule has 0 saturated heterocycles. The van der Waals surface area contributed by atoms with Gasteiger partial charge in [-0.1, -0.05) is 0 Å². The number of fused-ring (bicyclic) bond motifs is 1. The van der Waals surface area contributed by atoms with Crippen molar-refractivity contribution >= 4 is 5.91 Å². The van der Waals surface area contributed by atoms with Crippen LogP contribution in [0.25, 0.3) is 0 Å². The molecule has 0 fully saturated rings. The molecule has 18 heavy (non-hydrogen) atoms. The summed E-state index contributed by atoms with van der Waals surface area (Å²) in [4.78, 5) is 14.1. The van der Waals surface area contributed by atoms with Crippen molar-refractivity contribution in [2.75, 3.05) is 6.54 Å². The first-order chi connectivity index (χ1) is 8.50. The maximum atomic E-state index is 12.1. The van der Waals surface area contributed by atoms with E-state index in [0.717, 1.165) is 13.1 Å². The second-order valence-corrected chi connectivity index (χ2v) is 5.20. The molecule has 1 amide bonds. The van der Waals surface area contributed by atoms with Crippen LogP contribution in [0.5, 0.6) is 0 Å². The molecule has 1 aliphatic heterocycles. The van der Waals surface area contributed by atoms with Gasteiger partial charge in [0.2, 0.25) is 5.91 Å². The predicted molar refractivity (Wildman–Crippen MR) is 70.2 cm³/mol. The highest BCUT2D eigenvalue weighted by atomic mass is 16.3. The Kier molecular flexibility index (Phi) is 3.76. The Morgan fingerprint density at radius 3 is 2.89 bits per heavy atom. The summed E-state index contributed by atoms with van der Waals surface area (Å²) in [5, 5.41) is 9.25. The Morgan fingerprint density at radius 2 is 2.22 bits per heavy atom. The molecule has 1 N–H and O–H groups in total. The molecular weight excluding hydrogens is 228 g/mol. The van der Waals surface area contributed by atoms with Crippen LogP contribution in [0.3, 0.4) is 0 Å². The number of hydrogen-bond donors (Lipinski definition) is 1. The smallest absolute Gasteiger partial charge is 0.223 e. The number of carbonyl (C=O) groups is 1. The zero-order valence-electron chi connectivity index (χ0n) is 11.4. The molecule has 0 aliphatic carbocycles. The van der Waals surface area contributed by atoms with Crippen molar-refractivity contribution in [3.63, 3.8) is 0 Å². The third-order valence-electron chi connectivity index (χ3n) is 3.79. The van der Waals surface area contributed by atoms with Crippen LogP contribution in [0.1, 0.15) is 44.1 Å². The number of carbonyl (C=O) groups excluding carboxylic acids is 1. The van der Waals surface area contributed by atoms with E-state index in [0.29, 0.717) is 12.8 Å². The first kappa shape index (κ1) is 13.1. The Balaban J connectivity index is 2.07. The summed E-state index contributed by atoms with van der Waals surface area (Å²) in [7, 11) is 0. The third-order valence-corrected chi connectivity index (χ3v) is 3.79. The van der Waals surface area contributed by atoms with E-state index in [2.05, 4.69) is 30.5 Å². The zero-order valence-corrected chi connectivity index (χ0v) is 11.4. The van der Waals surface area contributed by atoms with Gasteiger partial charge in [-0.3, -0.25) is 4.79 Å². The van der Waals surface area contributed by atoms with E-state index in [1.165, 1.54) is 11.4 Å². The van der Waals surface area contributed by atoms with E-state index in [1.54, 1.807) is 6.92 Å². The van der Waals surface area contributed by atoms with Gasteiger partial charge in [0.15, 0.2) is 0 Å². The largest absolute Gasteiger partial charge is 0.393 e. The van der Waals surface area contributed by atoms with E-state index in [9.17, 15) is 9.90 Å². The lowest BCUT2D eigenvalue weighted by molar-refractivity contribution is -0.135. The maximum Gasteiger partial charge on any atom is 0.223 e. The molecule has 0 radical (unpaired) electrons. The maximum absolute atomic E-state index is 12.1. The molecule has 0 saturated carbocycles. The lowest BCUT2D eigenvalue weighted by Gasteiger charge is -2.35. The summed E-state index contributed by atoms with van der Waals surface area (Å²) in [6.07, 6.45) is 0.573. The molecule has 2 heterocycles. The van der Waals surface area contributed by atoms with Gasteiger partial charge >= 0.3 is 0 Å². The number of aromatic nitrogens is 1. The topological polar surface area (TPSA) is 45.5 Å². The molecule has 2 unspecified atom stereocenters. The van der Waals surface area contributed by atoms with Crippen LogP contribution < -0.4 is 0 Å². The van der Waals surface area contributed by atoms with Gasteiger partial charge in [-0.2, -0.15) is 0 Å². The van der Waals surface area contributed by atoms with Crippen molar-refractivity contribution in [3.05, 3.63) is 23.5 Å². The quantitative estimate of drug-likeness (QED) is 0.890. The predicted octanol–water partition coefficient (Wildman–Crippen LogP) is 1.86. The fourth-order valence-electron chi connectivity index (χ4n) is 2.64. The fraction of sp³-hybridized carbons (Fsp3) is 0.643. The lowest BCUT2D eigenvalue weighted by Crippen LogP contribution is -2.41. The highest BCUT2D eigenvalue weighted by Gasteiger charge is 2.27. The number of aliphatic hydroxyl groups excluding tert-OH is 1. The molecule has 1 aromatic heterocycles. The lowest BCUT2D eigenvalue weighted by atomic mass is 10.1. The Hall–Kier alpha value is -1.29. The van der Waals surface area contributed by atoms with Crippen molar-refractivity contribution in [1.29, 1.82) is 0 Å². The van der Waals surface area contributed by atoms with Gasteiger partial charge in [-0.25, -0.2) is 0 Å². The van der Waals surface area contributed by atoms with E-state index >= 15 is 0 Å². The highest BCUT2D eigenvalue weighted by Crippen LogP contribution is 2.27. The van der Waals surface area contributed by atoms with Crippen molar-refractivity contribution < 1.29 is 9.90 Å². The zero-order chi connectivity index (χ0) is 13.3. The Labute approximate surface area is 108 Å². The van der Waals surface area contributed by atoms with E-state index in [-0.39, 0.29) is 11.9 Å². The van der Waals surface area contributed by atoms with Crippen LogP contribution >= 0.6 is 0 Å². The van der Waals surface area contributed by atoms with Crippen molar-refractivity contribution in [3.8, 4) is 0 Å². The summed E-state index contributed by atoms with van der Waals surface area (Å²) < 4.78 is 2.28. The number of hydrogen-bond acceptors (Lipinski definition) is 2. The number of nitrogens with zero attached hydrogens (tertiary/aromatic N) is 2. The van der Waals surface area contributed by atoms with Crippen LogP contribution in [0.2, 0.25) is 0 Å². The van der Waals surface area contributed by atoms with Crippen LogP contribution in [-0.4, -0.2) is 33.1 Å². The molecule has 2 atom stereocenters. The van der Waals surface area contributed by atoms with Gasteiger partial charge in [0.05, 0.1) is 12.1 Å². The molecule has 1 aliphatic rings. The first-order valence-corrected chi connectivity index (χ1v) is 6.64. The molecule has 0 spiro atoms. The molecular formula is C14H22N2O2. The SMILES string of the molecule is Cc1ccc2n1CCN(C(=O)CCC(C)O)C2C. The minimum atomic E-state index is -0.403. The monoisotopic (exact) mass is 250 g/mol. The van der Waals surface area contributed by atoms with Gasteiger partial charge in [-0.05, 0) is 39.3 Å². The number of aliphatic hydroxyl groups is 1. The molecule has 1 aromatic rings. The van der Waals surface area contributed by atoms with Gasteiger partial charge < -0.3 is 14.6 Å². The van der Waals surface area contributed by atoms with E-state index < -0.39 is 6.10 Å². The minimum absolute atomic E-state index is 0.133. The van der Waals surface area contributed by atoms with Crippen LogP contribution in [0, 0.1) is 6.92 Å². The second kappa shape index (κ2) is 5.14. The Bertz CT molecular complexity index is 437. The molecule has 4 heteroatoms. The highest BCUT2D eigenvalue weighted by molar-refractivity contribution is 5.76. The molecule has 4 nitrogen and oxygen atoms in total. The summed E-state index contributed by atoms with van der Waals surface area (Å²) in [6.45, 7) is 7.54. The van der Waals surface area contributed by atoms with Crippen molar-refractivity contribution in [1.82, 2.24) is 9.47 Å². The van der Waals surface area contributed by atoms with Gasteiger partial charge in [-0.15, -0.1) is 0 Å². The summed E-state index contributed by atoms with van der Waals surface area (Å²) in [6, 6.07) is 4.35. The third kappa shape index (κ3) is 2.43. The first-order valence-electron chi connectivity index (χ1n) is 6.64. The van der Waals surface area contributed by atoms with Crippen LogP contribution in [0.15, 0.2) is 12.1 Å². The average Bonchev–Trinajstić information content (AvgIpc) is 2.69. The van der Waals surface area contributed by atoms with Gasteiger partial charge in [0.25, 0.3) is 0 Å². The molecule has 2 rings (SSSR count). The standard InChI is InChI=1S/C14H22N2O2/c1-10-4-6-13-12(3)16(9-8-15(10)13)14(18)7-5-11(2)17/h4,6,11-12,17H,5,7-9H2,1-3H3. The second-order valence-electron chi connectivity index (χ2n) is 5.20. The average molecular weight is 250 g/mol. The summed E-state index contributed by atoms with van der Waals surface area (Å²) in [5.74, 6) is 0.147. The van der Waals surface area contributed by atoms with Crippen molar-refractivity contribution in [2.24, 2.45) is 0 Å². The van der Waals surface area contributed by atoms with Gasteiger partial charge in [0, 0.05) is 30.9 Å². The number of rotatable bonds is 3. The van der Waals surface area contributed by atoms with Crippen LogP contribution in [0.4, 0.5) is 0 Å². The van der Waals surface area contributed by atoms with Crippen LogP contribution in [-0.2, 0) is 11.3 Å². The molecule has 0 bridgehead atoms. The Morgan fingerprint density at radius 1 is 1.50 bits per heavy atom. The normalized spacial score (nSPS) is 20.7. The number of amides is 1.